The number of rotatable bonds is 9. The van der Waals surface area contributed by atoms with E-state index in [1.807, 2.05) is 84.9 Å². The predicted octanol–water partition coefficient (Wildman–Crippen LogP) is 6.62. The number of nitrogens with zero attached hydrogens (tertiary/aromatic N) is 1. The molecule has 36 heavy (non-hydrogen) atoms. The van der Waals surface area contributed by atoms with E-state index in [2.05, 4.69) is 5.32 Å². The van der Waals surface area contributed by atoms with Gasteiger partial charge in [-0.15, -0.1) is 0 Å². The van der Waals surface area contributed by atoms with Gasteiger partial charge in [-0.25, -0.2) is 0 Å². The molecule has 0 bridgehead atoms. The molecule has 6 heteroatoms. The van der Waals surface area contributed by atoms with Crippen LogP contribution in [0.25, 0.3) is 0 Å². The minimum Gasteiger partial charge on any atom is -0.350 e. The Morgan fingerprint density at radius 3 is 1.78 bits per heavy atom. The van der Waals surface area contributed by atoms with Crippen molar-refractivity contribution in [2.24, 2.45) is 0 Å². The zero-order valence-corrected chi connectivity index (χ0v) is 21.1. The van der Waals surface area contributed by atoms with E-state index >= 15 is 0 Å². The first-order chi connectivity index (χ1) is 17.5. The number of benzene rings is 4. The Bertz CT molecular complexity index is 1280. The first-order valence-electron chi connectivity index (χ1n) is 11.6. The molecule has 0 aliphatic rings. The van der Waals surface area contributed by atoms with Gasteiger partial charge in [-0.3, -0.25) is 9.59 Å². The molecule has 0 aromatic heterocycles. The molecule has 182 valence electrons. The first kappa shape index (κ1) is 25.5. The number of hydrogen-bond donors (Lipinski definition) is 1. The van der Waals surface area contributed by atoms with Crippen LogP contribution in [0.15, 0.2) is 109 Å². The van der Waals surface area contributed by atoms with Crippen molar-refractivity contribution >= 4 is 35.0 Å². The molecular weight excluding hydrogens is 491 g/mol. The molecule has 4 aromatic carbocycles. The lowest BCUT2D eigenvalue weighted by Crippen LogP contribution is -2.43. The fourth-order valence-corrected chi connectivity index (χ4v) is 4.23. The Morgan fingerprint density at radius 2 is 1.19 bits per heavy atom. The van der Waals surface area contributed by atoms with Crippen molar-refractivity contribution in [1.29, 1.82) is 0 Å². The third-order valence-electron chi connectivity index (χ3n) is 5.84. The standard InChI is InChI=1S/C30H26Cl2N2O2/c31-26-15-11-22(12-16-26)19-28(35)34(21-24-7-3-1-4-8-24)29(25-9-5-2-6-10-25)30(36)33-20-23-13-17-27(32)18-14-23/h1-18,29H,19-21H2,(H,33,36). The summed E-state index contributed by atoms with van der Waals surface area (Å²) in [4.78, 5) is 29.0. The maximum Gasteiger partial charge on any atom is 0.247 e. The smallest absolute Gasteiger partial charge is 0.247 e. The van der Waals surface area contributed by atoms with Gasteiger partial charge in [0, 0.05) is 23.1 Å². The normalized spacial score (nSPS) is 11.5. The molecule has 0 spiro atoms. The SMILES string of the molecule is O=C(NCc1ccc(Cl)cc1)C(c1ccccc1)N(Cc1ccccc1)C(=O)Cc1ccc(Cl)cc1. The molecule has 1 N–H and O–H groups in total. The Hall–Kier alpha value is -3.60. The number of carbonyl (C=O) groups is 2. The summed E-state index contributed by atoms with van der Waals surface area (Å²) in [5.74, 6) is -0.409. The van der Waals surface area contributed by atoms with Gasteiger partial charge in [-0.2, -0.15) is 0 Å². The molecule has 0 aliphatic heterocycles. The van der Waals surface area contributed by atoms with Gasteiger partial charge < -0.3 is 10.2 Å². The van der Waals surface area contributed by atoms with Crippen LogP contribution in [-0.4, -0.2) is 16.7 Å². The van der Waals surface area contributed by atoms with Crippen molar-refractivity contribution in [2.75, 3.05) is 0 Å². The summed E-state index contributed by atoms with van der Waals surface area (Å²) in [7, 11) is 0. The maximum absolute atomic E-state index is 13.7. The van der Waals surface area contributed by atoms with Gasteiger partial charge in [0.2, 0.25) is 11.8 Å². The van der Waals surface area contributed by atoms with E-state index < -0.39 is 6.04 Å². The molecule has 4 rings (SSSR count). The Kier molecular flexibility index (Phi) is 8.77. The van der Waals surface area contributed by atoms with Crippen molar-refractivity contribution in [2.45, 2.75) is 25.6 Å². The molecule has 0 fully saturated rings. The van der Waals surface area contributed by atoms with Crippen LogP contribution in [0, 0.1) is 0 Å². The molecular formula is C30H26Cl2N2O2. The third kappa shape index (κ3) is 6.97. The summed E-state index contributed by atoms with van der Waals surface area (Å²) in [6.45, 7) is 0.616. The average molecular weight is 517 g/mol. The van der Waals surface area contributed by atoms with Crippen molar-refractivity contribution < 1.29 is 9.59 Å². The molecule has 0 heterocycles. The van der Waals surface area contributed by atoms with Crippen molar-refractivity contribution in [3.63, 3.8) is 0 Å². The fourth-order valence-electron chi connectivity index (χ4n) is 3.98. The van der Waals surface area contributed by atoms with Crippen LogP contribution in [-0.2, 0) is 29.1 Å². The molecule has 2 amide bonds. The van der Waals surface area contributed by atoms with E-state index in [-0.39, 0.29) is 18.2 Å². The highest BCUT2D eigenvalue weighted by Crippen LogP contribution is 2.25. The summed E-state index contributed by atoms with van der Waals surface area (Å²) in [5.41, 5.74) is 3.43. The molecule has 0 saturated carbocycles. The van der Waals surface area contributed by atoms with Crippen LogP contribution in [0.1, 0.15) is 28.3 Å². The molecule has 0 radical (unpaired) electrons. The van der Waals surface area contributed by atoms with E-state index in [1.54, 1.807) is 29.2 Å². The van der Waals surface area contributed by atoms with Crippen LogP contribution in [0.4, 0.5) is 0 Å². The van der Waals surface area contributed by atoms with Crippen LogP contribution < -0.4 is 5.32 Å². The number of carbonyl (C=O) groups excluding carboxylic acids is 2. The van der Waals surface area contributed by atoms with E-state index in [0.717, 1.165) is 22.3 Å². The van der Waals surface area contributed by atoms with Crippen molar-refractivity contribution in [1.82, 2.24) is 10.2 Å². The van der Waals surface area contributed by atoms with Gasteiger partial charge in [-0.1, -0.05) is 108 Å². The lowest BCUT2D eigenvalue weighted by Gasteiger charge is -2.32. The minimum absolute atomic E-state index is 0.151. The molecule has 4 nitrogen and oxygen atoms in total. The largest absolute Gasteiger partial charge is 0.350 e. The molecule has 1 atom stereocenters. The van der Waals surface area contributed by atoms with Crippen molar-refractivity contribution in [3.8, 4) is 0 Å². The highest BCUT2D eigenvalue weighted by atomic mass is 35.5. The summed E-state index contributed by atoms with van der Waals surface area (Å²) in [6.07, 6.45) is 0.151. The average Bonchev–Trinajstić information content (AvgIpc) is 2.90. The second-order valence-corrected chi connectivity index (χ2v) is 9.34. The number of hydrogen-bond acceptors (Lipinski definition) is 2. The van der Waals surface area contributed by atoms with Gasteiger partial charge in [0.25, 0.3) is 0 Å². The zero-order valence-electron chi connectivity index (χ0n) is 19.6. The molecule has 0 aliphatic carbocycles. The van der Waals surface area contributed by atoms with Gasteiger partial charge in [-0.05, 0) is 46.5 Å². The second-order valence-electron chi connectivity index (χ2n) is 8.47. The third-order valence-corrected chi connectivity index (χ3v) is 6.34. The van der Waals surface area contributed by atoms with Crippen LogP contribution in [0.2, 0.25) is 10.0 Å². The van der Waals surface area contributed by atoms with Gasteiger partial charge in [0.1, 0.15) is 6.04 Å². The molecule has 0 saturated heterocycles. The summed E-state index contributed by atoms with van der Waals surface area (Å²) in [5, 5.41) is 4.26. The number of amides is 2. The Balaban J connectivity index is 1.65. The minimum atomic E-state index is -0.807. The predicted molar refractivity (Wildman–Crippen MR) is 145 cm³/mol. The topological polar surface area (TPSA) is 49.4 Å². The molecule has 4 aromatic rings. The highest BCUT2D eigenvalue weighted by Gasteiger charge is 2.31. The maximum atomic E-state index is 13.7. The second kappa shape index (κ2) is 12.4. The highest BCUT2D eigenvalue weighted by molar-refractivity contribution is 6.30. The van der Waals surface area contributed by atoms with Crippen LogP contribution in [0.5, 0.6) is 0 Å². The van der Waals surface area contributed by atoms with Crippen molar-refractivity contribution in [3.05, 3.63) is 141 Å². The van der Waals surface area contributed by atoms with E-state index in [0.29, 0.717) is 23.1 Å². The summed E-state index contributed by atoms with van der Waals surface area (Å²) in [6, 6.07) is 32.8. The Morgan fingerprint density at radius 1 is 0.667 bits per heavy atom. The first-order valence-corrected chi connectivity index (χ1v) is 12.4. The quantitative estimate of drug-likeness (QED) is 0.271. The monoisotopic (exact) mass is 516 g/mol. The van der Waals surface area contributed by atoms with E-state index in [9.17, 15) is 9.59 Å². The van der Waals surface area contributed by atoms with Gasteiger partial charge in [0.05, 0.1) is 6.42 Å². The van der Waals surface area contributed by atoms with Crippen LogP contribution >= 0.6 is 23.2 Å². The zero-order chi connectivity index (χ0) is 25.3. The van der Waals surface area contributed by atoms with Crippen LogP contribution in [0.3, 0.4) is 0 Å². The summed E-state index contributed by atoms with van der Waals surface area (Å²) < 4.78 is 0. The lowest BCUT2D eigenvalue weighted by atomic mass is 10.0. The summed E-state index contributed by atoms with van der Waals surface area (Å²) >= 11 is 12.0. The van der Waals surface area contributed by atoms with E-state index in [1.165, 1.54) is 0 Å². The fraction of sp³-hybridized carbons (Fsp3) is 0.133. The molecule has 1 unspecified atom stereocenters. The Labute approximate surface area is 221 Å². The number of nitrogens with one attached hydrogen (secondary N) is 1. The van der Waals surface area contributed by atoms with Gasteiger partial charge >= 0.3 is 0 Å². The number of halogens is 2. The van der Waals surface area contributed by atoms with E-state index in [4.69, 9.17) is 23.2 Å². The van der Waals surface area contributed by atoms with Gasteiger partial charge in [0.15, 0.2) is 0 Å². The lowest BCUT2D eigenvalue weighted by molar-refractivity contribution is -0.141.